The number of likely N-dealkylation sites (tertiary alicyclic amines) is 1. The summed E-state index contributed by atoms with van der Waals surface area (Å²) in [6.45, 7) is 4.81. The van der Waals surface area contributed by atoms with Crippen LogP contribution in [0.5, 0.6) is 0 Å². The molecule has 3 unspecified atom stereocenters. The third-order valence-corrected chi connectivity index (χ3v) is 3.95. The summed E-state index contributed by atoms with van der Waals surface area (Å²) in [5.41, 5.74) is 0.679. The first-order chi connectivity index (χ1) is 8.99. The molecule has 0 aliphatic carbocycles. The molecule has 1 aromatic carbocycles. The molecule has 3 nitrogen and oxygen atoms in total. The average molecular weight is 265 g/mol. The number of hydrogen-bond acceptors (Lipinski definition) is 2. The number of aliphatic hydroxyl groups is 1. The van der Waals surface area contributed by atoms with E-state index in [1.807, 2.05) is 6.92 Å². The van der Waals surface area contributed by atoms with E-state index in [9.17, 15) is 14.3 Å². The molecule has 1 amide bonds. The van der Waals surface area contributed by atoms with Crippen LogP contribution in [0.2, 0.25) is 0 Å². The number of piperidine rings is 1. The lowest BCUT2D eigenvalue weighted by molar-refractivity contribution is -0.136. The molecule has 3 atom stereocenters. The molecular weight excluding hydrogens is 245 g/mol. The summed E-state index contributed by atoms with van der Waals surface area (Å²) in [6.07, 6.45) is 0.348. The zero-order chi connectivity index (χ0) is 14.0. The molecule has 2 rings (SSSR count). The molecule has 4 heteroatoms. The van der Waals surface area contributed by atoms with Crippen LogP contribution in [-0.4, -0.2) is 35.1 Å². The molecule has 1 aliphatic rings. The highest BCUT2D eigenvalue weighted by Crippen LogP contribution is 2.23. The lowest BCUT2D eigenvalue weighted by atomic mass is 9.93. The monoisotopic (exact) mass is 265 g/mol. The van der Waals surface area contributed by atoms with Gasteiger partial charge >= 0.3 is 0 Å². The van der Waals surface area contributed by atoms with Crippen LogP contribution < -0.4 is 0 Å². The highest BCUT2D eigenvalue weighted by Gasteiger charge is 2.30. The van der Waals surface area contributed by atoms with Gasteiger partial charge in [0.15, 0.2) is 0 Å². The Labute approximate surface area is 113 Å². The van der Waals surface area contributed by atoms with E-state index in [1.165, 1.54) is 12.1 Å². The van der Waals surface area contributed by atoms with Gasteiger partial charge in [-0.25, -0.2) is 4.39 Å². The first-order valence-corrected chi connectivity index (χ1v) is 6.71. The first kappa shape index (κ1) is 14.0. The number of nitrogens with zero attached hydrogens (tertiary/aromatic N) is 1. The van der Waals surface area contributed by atoms with E-state index in [2.05, 4.69) is 0 Å². The normalized spacial score (nSPS) is 25.2. The predicted molar refractivity (Wildman–Crippen MR) is 71.2 cm³/mol. The van der Waals surface area contributed by atoms with Gasteiger partial charge in [-0.15, -0.1) is 0 Å². The predicted octanol–water partition coefficient (Wildman–Crippen LogP) is 2.16. The largest absolute Gasteiger partial charge is 0.391 e. The molecule has 0 aromatic heterocycles. The Bertz CT molecular complexity index is 463. The number of rotatable bonds is 2. The number of amides is 1. The van der Waals surface area contributed by atoms with Gasteiger partial charge in [-0.3, -0.25) is 4.79 Å². The number of benzene rings is 1. The molecule has 1 N–H and O–H groups in total. The molecule has 1 aliphatic heterocycles. The maximum absolute atomic E-state index is 13.2. The van der Waals surface area contributed by atoms with Crippen molar-refractivity contribution in [1.82, 2.24) is 4.90 Å². The fourth-order valence-electron chi connectivity index (χ4n) is 2.44. The van der Waals surface area contributed by atoms with Crippen LogP contribution in [-0.2, 0) is 4.79 Å². The second kappa shape index (κ2) is 5.70. The Kier molecular flexibility index (Phi) is 4.20. The summed E-state index contributed by atoms with van der Waals surface area (Å²) in [7, 11) is 0. The zero-order valence-corrected chi connectivity index (χ0v) is 11.3. The van der Waals surface area contributed by atoms with Crippen molar-refractivity contribution in [3.05, 3.63) is 35.6 Å². The van der Waals surface area contributed by atoms with E-state index in [0.717, 1.165) is 6.42 Å². The van der Waals surface area contributed by atoms with Gasteiger partial charge in [0.2, 0.25) is 5.91 Å². The number of hydrogen-bond donors (Lipinski definition) is 1. The molecule has 1 saturated heterocycles. The smallest absolute Gasteiger partial charge is 0.229 e. The van der Waals surface area contributed by atoms with Gasteiger partial charge in [-0.2, -0.15) is 0 Å². The quantitative estimate of drug-likeness (QED) is 0.890. The lowest BCUT2D eigenvalue weighted by Gasteiger charge is -2.35. The van der Waals surface area contributed by atoms with Crippen molar-refractivity contribution in [2.45, 2.75) is 32.3 Å². The highest BCUT2D eigenvalue weighted by molar-refractivity contribution is 5.83. The lowest BCUT2D eigenvalue weighted by Crippen LogP contribution is -2.47. The summed E-state index contributed by atoms with van der Waals surface area (Å²) in [5.74, 6) is -0.522. The van der Waals surface area contributed by atoms with E-state index in [0.29, 0.717) is 18.7 Å². The van der Waals surface area contributed by atoms with Crippen molar-refractivity contribution in [3.8, 4) is 0 Å². The average Bonchev–Trinajstić information content (AvgIpc) is 2.40. The van der Waals surface area contributed by atoms with Crippen molar-refractivity contribution in [1.29, 1.82) is 0 Å². The third-order valence-electron chi connectivity index (χ3n) is 3.95. The minimum atomic E-state index is -0.461. The Morgan fingerprint density at radius 1 is 1.53 bits per heavy atom. The Balaban J connectivity index is 2.07. The summed E-state index contributed by atoms with van der Waals surface area (Å²) >= 11 is 0. The maximum Gasteiger partial charge on any atom is 0.229 e. The van der Waals surface area contributed by atoms with Crippen LogP contribution in [0.25, 0.3) is 0 Å². The second-order valence-electron chi connectivity index (χ2n) is 5.39. The molecule has 1 aromatic rings. The fraction of sp³-hybridized carbons (Fsp3) is 0.533. The summed E-state index contributed by atoms with van der Waals surface area (Å²) in [5, 5.41) is 9.84. The van der Waals surface area contributed by atoms with Gasteiger partial charge in [0.05, 0.1) is 12.0 Å². The Morgan fingerprint density at radius 3 is 2.89 bits per heavy atom. The molecule has 0 saturated carbocycles. The van der Waals surface area contributed by atoms with E-state index in [1.54, 1.807) is 24.0 Å². The summed E-state index contributed by atoms with van der Waals surface area (Å²) < 4.78 is 13.2. The van der Waals surface area contributed by atoms with Crippen molar-refractivity contribution >= 4 is 5.91 Å². The topological polar surface area (TPSA) is 40.5 Å². The van der Waals surface area contributed by atoms with Crippen LogP contribution in [0.15, 0.2) is 24.3 Å². The van der Waals surface area contributed by atoms with Gasteiger partial charge in [0.1, 0.15) is 5.82 Å². The number of aliphatic hydroxyl groups excluding tert-OH is 1. The SMILES string of the molecule is CC(C(=O)N1CCC(C)C(O)C1)c1cccc(F)c1. The van der Waals surface area contributed by atoms with Gasteiger partial charge in [-0.05, 0) is 37.0 Å². The van der Waals surface area contributed by atoms with Crippen molar-refractivity contribution in [2.24, 2.45) is 5.92 Å². The van der Waals surface area contributed by atoms with Gasteiger partial charge in [-0.1, -0.05) is 19.1 Å². The third kappa shape index (κ3) is 3.13. The molecule has 104 valence electrons. The minimum absolute atomic E-state index is 0.0449. The standard InChI is InChI=1S/C15H20FNO2/c1-10-6-7-17(9-14(10)18)15(19)11(2)12-4-3-5-13(16)8-12/h3-5,8,10-11,14,18H,6-7,9H2,1-2H3. The van der Waals surface area contributed by atoms with Gasteiger partial charge in [0.25, 0.3) is 0 Å². The summed E-state index contributed by atoms with van der Waals surface area (Å²) in [4.78, 5) is 14.0. The molecule has 1 heterocycles. The van der Waals surface area contributed by atoms with Crippen LogP contribution in [0.1, 0.15) is 31.7 Å². The van der Waals surface area contributed by atoms with Crippen molar-refractivity contribution < 1.29 is 14.3 Å². The van der Waals surface area contributed by atoms with E-state index >= 15 is 0 Å². The molecule has 0 bridgehead atoms. The Morgan fingerprint density at radius 2 is 2.26 bits per heavy atom. The fourth-order valence-corrected chi connectivity index (χ4v) is 2.44. The van der Waals surface area contributed by atoms with Gasteiger partial charge in [0, 0.05) is 13.1 Å². The minimum Gasteiger partial charge on any atom is -0.391 e. The number of halogens is 1. The Hall–Kier alpha value is -1.42. The number of carbonyl (C=O) groups excluding carboxylic acids is 1. The molecule has 1 fully saturated rings. The first-order valence-electron chi connectivity index (χ1n) is 6.71. The van der Waals surface area contributed by atoms with E-state index in [4.69, 9.17) is 0 Å². The number of carbonyl (C=O) groups is 1. The number of β-amino-alcohol motifs (C(OH)–C–C–N with tert-alkyl or cyclic N) is 1. The molecule has 0 radical (unpaired) electrons. The summed E-state index contributed by atoms with van der Waals surface area (Å²) in [6, 6.07) is 6.13. The van der Waals surface area contributed by atoms with Crippen LogP contribution in [0.3, 0.4) is 0 Å². The van der Waals surface area contributed by atoms with E-state index < -0.39 is 6.10 Å². The van der Waals surface area contributed by atoms with Crippen LogP contribution >= 0.6 is 0 Å². The van der Waals surface area contributed by atoms with Gasteiger partial charge < -0.3 is 10.0 Å². The molecule has 19 heavy (non-hydrogen) atoms. The van der Waals surface area contributed by atoms with E-state index in [-0.39, 0.29) is 23.6 Å². The maximum atomic E-state index is 13.2. The van der Waals surface area contributed by atoms with Crippen molar-refractivity contribution in [2.75, 3.05) is 13.1 Å². The highest BCUT2D eigenvalue weighted by atomic mass is 19.1. The van der Waals surface area contributed by atoms with Crippen molar-refractivity contribution in [3.63, 3.8) is 0 Å². The van der Waals surface area contributed by atoms with Crippen LogP contribution in [0, 0.1) is 11.7 Å². The molecular formula is C15H20FNO2. The van der Waals surface area contributed by atoms with Crippen LogP contribution in [0.4, 0.5) is 4.39 Å². The molecule has 0 spiro atoms. The zero-order valence-electron chi connectivity index (χ0n) is 11.3. The second-order valence-corrected chi connectivity index (χ2v) is 5.39.